The Kier molecular flexibility index (Phi) is 2.19. The molecule has 0 bridgehead atoms. The maximum atomic E-state index is 9.07. The molecule has 2 atom stereocenters. The highest BCUT2D eigenvalue weighted by Crippen LogP contribution is 2.26. The van der Waals surface area contributed by atoms with Crippen molar-refractivity contribution in [2.45, 2.75) is 25.9 Å². The molecule has 52 valence electrons. The van der Waals surface area contributed by atoms with Crippen LogP contribution in [0.2, 0.25) is 0 Å². The fourth-order valence-corrected chi connectivity index (χ4v) is 1.31. The lowest BCUT2D eigenvalue weighted by Crippen LogP contribution is -2.12. The van der Waals surface area contributed by atoms with E-state index >= 15 is 0 Å². The van der Waals surface area contributed by atoms with Crippen LogP contribution in [0.5, 0.6) is 0 Å². The highest BCUT2D eigenvalue weighted by atomic mass is 32.1. The number of hydrogen-bond acceptors (Lipinski definition) is 2. The fraction of sp³-hybridized carbons (Fsp3) is 0.714. The van der Waals surface area contributed by atoms with Crippen molar-refractivity contribution in [3.8, 4) is 0 Å². The van der Waals surface area contributed by atoms with Gasteiger partial charge in [-0.3, -0.25) is 0 Å². The second-order valence-electron chi connectivity index (χ2n) is 2.64. The number of thiol groups is 1. The van der Waals surface area contributed by atoms with Crippen molar-refractivity contribution in [3.63, 3.8) is 0 Å². The predicted molar refractivity (Wildman–Crippen MR) is 41.5 cm³/mol. The third kappa shape index (κ3) is 1.73. The summed E-state index contributed by atoms with van der Waals surface area (Å²) in [5, 5.41) is 9.07. The van der Waals surface area contributed by atoms with E-state index in [0.29, 0.717) is 5.92 Å². The Balaban J connectivity index is 2.61. The van der Waals surface area contributed by atoms with Crippen LogP contribution in [0.4, 0.5) is 0 Å². The van der Waals surface area contributed by atoms with E-state index in [2.05, 4.69) is 19.6 Å². The zero-order chi connectivity index (χ0) is 6.85. The van der Waals surface area contributed by atoms with E-state index in [9.17, 15) is 0 Å². The van der Waals surface area contributed by atoms with Gasteiger partial charge < -0.3 is 5.11 Å². The van der Waals surface area contributed by atoms with Gasteiger partial charge in [0, 0.05) is 0 Å². The van der Waals surface area contributed by atoms with Gasteiger partial charge in [-0.15, -0.1) is 12.6 Å². The molecule has 0 aromatic heterocycles. The van der Waals surface area contributed by atoms with E-state index in [-0.39, 0.29) is 6.10 Å². The summed E-state index contributed by atoms with van der Waals surface area (Å²) in [5.74, 6) is 0.553. The molecule has 2 heteroatoms. The number of allylic oxidation sites excluding steroid dienone is 1. The first-order valence-corrected chi connectivity index (χ1v) is 3.73. The van der Waals surface area contributed by atoms with Crippen LogP contribution >= 0.6 is 12.6 Å². The summed E-state index contributed by atoms with van der Waals surface area (Å²) in [7, 11) is 0. The highest BCUT2D eigenvalue weighted by molar-refractivity contribution is 7.84. The van der Waals surface area contributed by atoms with Crippen molar-refractivity contribution >= 4 is 12.6 Å². The van der Waals surface area contributed by atoms with Crippen molar-refractivity contribution in [1.82, 2.24) is 0 Å². The summed E-state index contributed by atoms with van der Waals surface area (Å²) >= 11 is 4.22. The number of rotatable bonds is 0. The third-order valence-electron chi connectivity index (χ3n) is 1.76. The van der Waals surface area contributed by atoms with Crippen molar-refractivity contribution in [2.24, 2.45) is 5.92 Å². The van der Waals surface area contributed by atoms with Crippen LogP contribution in [0.1, 0.15) is 19.8 Å². The Morgan fingerprint density at radius 2 is 2.33 bits per heavy atom. The van der Waals surface area contributed by atoms with Crippen LogP contribution in [0, 0.1) is 5.92 Å². The van der Waals surface area contributed by atoms with Crippen LogP contribution in [0.3, 0.4) is 0 Å². The summed E-state index contributed by atoms with van der Waals surface area (Å²) < 4.78 is 0. The molecule has 0 saturated heterocycles. The average Bonchev–Trinajstić information content (AvgIpc) is 1.80. The molecule has 1 N–H and O–H groups in total. The molecular formula is C7H12OS. The van der Waals surface area contributed by atoms with Gasteiger partial charge in [-0.1, -0.05) is 6.92 Å². The summed E-state index contributed by atoms with van der Waals surface area (Å²) in [6.45, 7) is 2.13. The number of hydrogen-bond donors (Lipinski definition) is 2. The smallest absolute Gasteiger partial charge is 0.0731 e. The fourth-order valence-electron chi connectivity index (χ4n) is 1.01. The van der Waals surface area contributed by atoms with E-state index in [1.165, 1.54) is 0 Å². The summed E-state index contributed by atoms with van der Waals surface area (Å²) in [4.78, 5) is 1.04. The van der Waals surface area contributed by atoms with E-state index in [4.69, 9.17) is 5.11 Å². The Bertz CT molecular complexity index is 131. The molecule has 1 aliphatic carbocycles. The molecule has 0 aromatic rings. The molecule has 0 saturated carbocycles. The van der Waals surface area contributed by atoms with E-state index < -0.39 is 0 Å². The standard InChI is InChI=1S/C7H12OS/c1-5-2-3-6(8)4-7(5)9/h4-6,8-9H,2-3H2,1H3/t5-,6-/m0/s1. The lowest BCUT2D eigenvalue weighted by atomic mass is 9.96. The Morgan fingerprint density at radius 1 is 1.67 bits per heavy atom. The van der Waals surface area contributed by atoms with Gasteiger partial charge in [0.05, 0.1) is 6.10 Å². The molecule has 1 nitrogen and oxygen atoms in total. The minimum atomic E-state index is -0.242. The monoisotopic (exact) mass is 144 g/mol. The van der Waals surface area contributed by atoms with Crippen molar-refractivity contribution in [2.75, 3.05) is 0 Å². The summed E-state index contributed by atoms with van der Waals surface area (Å²) in [6.07, 6.45) is 3.55. The molecule has 1 aliphatic rings. The van der Waals surface area contributed by atoms with Crippen LogP contribution in [0.25, 0.3) is 0 Å². The largest absolute Gasteiger partial charge is 0.389 e. The molecule has 1 rings (SSSR count). The molecule has 0 heterocycles. The Labute approximate surface area is 61.2 Å². The third-order valence-corrected chi connectivity index (χ3v) is 2.35. The SMILES string of the molecule is C[C@H]1CC[C@H](O)C=C1S. The van der Waals surface area contributed by atoms with Gasteiger partial charge in [-0.25, -0.2) is 0 Å². The lowest BCUT2D eigenvalue weighted by molar-refractivity contribution is 0.196. The zero-order valence-corrected chi connectivity index (χ0v) is 6.44. The summed E-state index contributed by atoms with van der Waals surface area (Å²) in [6, 6.07) is 0. The first kappa shape index (κ1) is 7.16. The first-order valence-electron chi connectivity index (χ1n) is 3.29. The van der Waals surface area contributed by atoms with Crippen LogP contribution < -0.4 is 0 Å². The highest BCUT2D eigenvalue weighted by Gasteiger charge is 2.14. The lowest BCUT2D eigenvalue weighted by Gasteiger charge is -2.19. The molecule has 0 aliphatic heterocycles. The van der Waals surface area contributed by atoms with Crippen molar-refractivity contribution in [3.05, 3.63) is 11.0 Å². The van der Waals surface area contributed by atoms with Crippen molar-refractivity contribution in [1.29, 1.82) is 0 Å². The Hall–Kier alpha value is 0.0500. The molecule has 9 heavy (non-hydrogen) atoms. The minimum Gasteiger partial charge on any atom is -0.389 e. The number of aliphatic hydroxyl groups is 1. The maximum Gasteiger partial charge on any atom is 0.0731 e. The maximum absolute atomic E-state index is 9.07. The molecular weight excluding hydrogens is 132 g/mol. The second-order valence-corrected chi connectivity index (χ2v) is 3.15. The second kappa shape index (κ2) is 2.76. The van der Waals surface area contributed by atoms with Crippen LogP contribution in [-0.2, 0) is 0 Å². The van der Waals surface area contributed by atoms with Gasteiger partial charge in [0.25, 0.3) is 0 Å². The van der Waals surface area contributed by atoms with Crippen LogP contribution in [0.15, 0.2) is 11.0 Å². The average molecular weight is 144 g/mol. The van der Waals surface area contributed by atoms with E-state index in [0.717, 1.165) is 17.7 Å². The molecule has 0 spiro atoms. The predicted octanol–water partition coefficient (Wildman–Crippen LogP) is 1.59. The van der Waals surface area contributed by atoms with Crippen LogP contribution in [-0.4, -0.2) is 11.2 Å². The van der Waals surface area contributed by atoms with Crippen molar-refractivity contribution < 1.29 is 5.11 Å². The molecule has 0 amide bonds. The van der Waals surface area contributed by atoms with Gasteiger partial charge >= 0.3 is 0 Å². The minimum absolute atomic E-state index is 0.242. The molecule has 0 aromatic carbocycles. The van der Waals surface area contributed by atoms with Gasteiger partial charge in [-0.2, -0.15) is 0 Å². The quantitative estimate of drug-likeness (QED) is 0.495. The van der Waals surface area contributed by atoms with E-state index in [1.807, 2.05) is 6.08 Å². The van der Waals surface area contributed by atoms with Gasteiger partial charge in [0.15, 0.2) is 0 Å². The van der Waals surface area contributed by atoms with Gasteiger partial charge in [0.1, 0.15) is 0 Å². The topological polar surface area (TPSA) is 20.2 Å². The Morgan fingerprint density at radius 3 is 2.78 bits per heavy atom. The zero-order valence-electron chi connectivity index (χ0n) is 5.54. The first-order chi connectivity index (χ1) is 4.20. The van der Waals surface area contributed by atoms with Gasteiger partial charge in [-0.05, 0) is 29.7 Å². The molecule has 0 unspecified atom stereocenters. The molecule has 0 radical (unpaired) electrons. The van der Waals surface area contributed by atoms with E-state index in [1.54, 1.807) is 0 Å². The van der Waals surface area contributed by atoms with Gasteiger partial charge in [0.2, 0.25) is 0 Å². The number of aliphatic hydroxyl groups excluding tert-OH is 1. The normalized spacial score (nSPS) is 36.1. The summed E-state index contributed by atoms with van der Waals surface area (Å²) in [5.41, 5.74) is 0. The molecule has 0 fully saturated rings.